The molecule has 2 rings (SSSR count). The molecule has 1 aromatic carbocycles. The maximum Gasteiger partial charge on any atom is 0.223 e. The van der Waals surface area contributed by atoms with E-state index in [1.54, 1.807) is 0 Å². The van der Waals surface area contributed by atoms with Gasteiger partial charge in [-0.15, -0.1) is 0 Å². The highest BCUT2D eigenvalue weighted by Crippen LogP contribution is 2.31. The minimum absolute atomic E-state index is 0.0353. The van der Waals surface area contributed by atoms with Crippen LogP contribution >= 0.6 is 0 Å². The molecule has 0 spiro atoms. The van der Waals surface area contributed by atoms with Gasteiger partial charge in [-0.2, -0.15) is 0 Å². The van der Waals surface area contributed by atoms with Crippen LogP contribution in [0.5, 0.6) is 0 Å². The van der Waals surface area contributed by atoms with E-state index < -0.39 is 0 Å². The molecule has 0 radical (unpaired) electrons. The molecule has 1 amide bonds. The molecule has 1 aromatic rings. The van der Waals surface area contributed by atoms with Gasteiger partial charge in [-0.25, -0.2) is 0 Å². The van der Waals surface area contributed by atoms with E-state index in [0.29, 0.717) is 0 Å². The monoisotopic (exact) mass is 274 g/mol. The minimum atomic E-state index is 0.0353. The van der Waals surface area contributed by atoms with Gasteiger partial charge in [-0.1, -0.05) is 32.0 Å². The maximum absolute atomic E-state index is 12.1. The molecule has 1 aliphatic carbocycles. The third-order valence-electron chi connectivity index (χ3n) is 4.39. The quantitative estimate of drug-likeness (QED) is 0.885. The Kier molecular flexibility index (Phi) is 4.81. The lowest BCUT2D eigenvalue weighted by Gasteiger charge is -2.28. The van der Waals surface area contributed by atoms with E-state index >= 15 is 0 Å². The second-order valence-corrected chi connectivity index (χ2v) is 6.01. The molecule has 3 nitrogen and oxygen atoms in total. The number of carbonyl (C=O) groups is 1. The van der Waals surface area contributed by atoms with E-state index in [0.717, 1.165) is 31.2 Å². The summed E-state index contributed by atoms with van der Waals surface area (Å²) in [6.45, 7) is 6.03. The van der Waals surface area contributed by atoms with Crippen LogP contribution in [-0.2, 0) is 11.2 Å². The first-order chi connectivity index (χ1) is 9.52. The summed E-state index contributed by atoms with van der Waals surface area (Å²) < 4.78 is 0. The van der Waals surface area contributed by atoms with Gasteiger partial charge in [0.1, 0.15) is 0 Å². The average molecular weight is 274 g/mol. The van der Waals surface area contributed by atoms with Crippen molar-refractivity contribution in [3.05, 3.63) is 34.9 Å². The summed E-state index contributed by atoms with van der Waals surface area (Å²) in [4.78, 5) is 12.1. The number of nitrogens with one attached hydrogen (secondary N) is 1. The lowest BCUT2D eigenvalue weighted by Crippen LogP contribution is -2.34. The fourth-order valence-electron chi connectivity index (χ4n) is 2.75. The zero-order chi connectivity index (χ0) is 14.7. The molecule has 110 valence electrons. The number of nitrogens with two attached hydrogens (primary N) is 1. The van der Waals surface area contributed by atoms with Gasteiger partial charge in [0.25, 0.3) is 0 Å². The second-order valence-electron chi connectivity index (χ2n) is 6.01. The number of carbonyl (C=O) groups excluding carboxylic acids is 1. The third-order valence-corrected chi connectivity index (χ3v) is 4.39. The van der Waals surface area contributed by atoms with Crippen LogP contribution in [0.2, 0.25) is 0 Å². The molecule has 3 N–H and O–H groups in total. The van der Waals surface area contributed by atoms with Gasteiger partial charge in [0.05, 0.1) is 6.04 Å². The number of rotatable bonds is 4. The first-order valence-electron chi connectivity index (χ1n) is 7.71. The highest BCUT2D eigenvalue weighted by atomic mass is 16.1. The number of amides is 1. The summed E-state index contributed by atoms with van der Waals surface area (Å²) in [7, 11) is 0. The zero-order valence-electron chi connectivity index (χ0n) is 12.8. The predicted molar refractivity (Wildman–Crippen MR) is 82.3 cm³/mol. The number of hydrogen-bond donors (Lipinski definition) is 2. The normalized spacial score (nSPS) is 20.9. The first-order valence-corrected chi connectivity index (χ1v) is 7.71. The van der Waals surface area contributed by atoms with Crippen LogP contribution in [0.1, 0.15) is 68.8 Å². The summed E-state index contributed by atoms with van der Waals surface area (Å²) in [6, 6.07) is 6.66. The predicted octanol–water partition coefficient (Wildman–Crippen LogP) is 3.25. The van der Waals surface area contributed by atoms with Crippen LogP contribution in [0.3, 0.4) is 0 Å². The Balaban J connectivity index is 2.22. The van der Waals surface area contributed by atoms with Gasteiger partial charge in [0.15, 0.2) is 0 Å². The average Bonchev–Trinajstić information content (AvgIpc) is 2.46. The van der Waals surface area contributed by atoms with Crippen molar-refractivity contribution in [2.45, 2.75) is 58.5 Å². The Hall–Kier alpha value is -1.35. The number of fused-ring (bicyclic) bond motifs is 1. The summed E-state index contributed by atoms with van der Waals surface area (Å²) >= 11 is 0. The van der Waals surface area contributed by atoms with Crippen molar-refractivity contribution in [1.29, 1.82) is 0 Å². The molecule has 0 heterocycles. The smallest absolute Gasteiger partial charge is 0.223 e. The molecular formula is C17H26N2O. The largest absolute Gasteiger partial charge is 0.349 e. The molecular weight excluding hydrogens is 248 g/mol. The van der Waals surface area contributed by atoms with Crippen LogP contribution < -0.4 is 11.1 Å². The van der Waals surface area contributed by atoms with E-state index in [1.165, 1.54) is 11.1 Å². The van der Waals surface area contributed by atoms with Crippen LogP contribution in [0.4, 0.5) is 0 Å². The van der Waals surface area contributed by atoms with Gasteiger partial charge in [-0.05, 0) is 49.3 Å². The third kappa shape index (κ3) is 3.21. The van der Waals surface area contributed by atoms with Crippen LogP contribution in [0.15, 0.2) is 18.2 Å². The molecule has 0 fully saturated rings. The van der Waals surface area contributed by atoms with Crippen molar-refractivity contribution in [3.8, 4) is 0 Å². The Morgan fingerprint density at radius 2 is 2.20 bits per heavy atom. The lowest BCUT2D eigenvalue weighted by molar-refractivity contribution is -0.125. The maximum atomic E-state index is 12.1. The van der Waals surface area contributed by atoms with E-state index in [-0.39, 0.29) is 23.9 Å². The van der Waals surface area contributed by atoms with Crippen molar-refractivity contribution in [3.63, 3.8) is 0 Å². The number of benzene rings is 1. The highest BCUT2D eigenvalue weighted by Gasteiger charge is 2.23. The summed E-state index contributed by atoms with van der Waals surface area (Å²) in [5, 5.41) is 3.21. The molecule has 3 atom stereocenters. The van der Waals surface area contributed by atoms with E-state index in [4.69, 9.17) is 5.73 Å². The minimum Gasteiger partial charge on any atom is -0.349 e. The van der Waals surface area contributed by atoms with E-state index in [9.17, 15) is 4.79 Å². The Labute approximate surface area is 121 Å². The van der Waals surface area contributed by atoms with Gasteiger partial charge < -0.3 is 11.1 Å². The highest BCUT2D eigenvalue weighted by molar-refractivity contribution is 5.78. The zero-order valence-corrected chi connectivity index (χ0v) is 12.8. The van der Waals surface area contributed by atoms with E-state index in [2.05, 4.69) is 23.5 Å². The number of hydrogen-bond acceptors (Lipinski definition) is 2. The Morgan fingerprint density at radius 3 is 2.85 bits per heavy atom. The fourth-order valence-corrected chi connectivity index (χ4v) is 2.75. The topological polar surface area (TPSA) is 55.1 Å². The van der Waals surface area contributed by atoms with Crippen molar-refractivity contribution in [2.75, 3.05) is 0 Å². The van der Waals surface area contributed by atoms with Crippen molar-refractivity contribution < 1.29 is 4.79 Å². The van der Waals surface area contributed by atoms with Crippen LogP contribution in [-0.4, -0.2) is 5.91 Å². The molecule has 0 saturated carbocycles. The summed E-state index contributed by atoms with van der Waals surface area (Å²) in [6.07, 6.45) is 4.14. The molecule has 0 bridgehead atoms. The molecule has 0 aromatic heterocycles. The fraction of sp³-hybridized carbons (Fsp3) is 0.588. The molecule has 0 aliphatic heterocycles. The molecule has 1 aliphatic rings. The van der Waals surface area contributed by atoms with Gasteiger partial charge in [-0.3, -0.25) is 4.79 Å². The number of aryl methyl sites for hydroxylation is 1. The lowest BCUT2D eigenvalue weighted by atomic mass is 9.85. The van der Waals surface area contributed by atoms with E-state index in [1.807, 2.05) is 20.8 Å². The Bertz CT molecular complexity index is 482. The standard InChI is InChI=1S/C17H26N2O/c1-4-11(2)17(20)19-16-7-5-6-13-8-9-14(12(3)18)10-15(13)16/h8-12,16H,4-7,18H2,1-3H3,(H,19,20). The van der Waals surface area contributed by atoms with Gasteiger partial charge in [0.2, 0.25) is 5.91 Å². The molecule has 20 heavy (non-hydrogen) atoms. The van der Waals surface area contributed by atoms with Crippen LogP contribution in [0, 0.1) is 5.92 Å². The summed E-state index contributed by atoms with van der Waals surface area (Å²) in [5.74, 6) is 0.244. The second kappa shape index (κ2) is 6.40. The SMILES string of the molecule is CCC(C)C(=O)NC1CCCc2ccc(C(C)N)cc21. The summed E-state index contributed by atoms with van der Waals surface area (Å²) in [5.41, 5.74) is 9.75. The molecule has 3 heteroatoms. The van der Waals surface area contributed by atoms with Crippen LogP contribution in [0.25, 0.3) is 0 Å². The van der Waals surface area contributed by atoms with Crippen molar-refractivity contribution in [2.24, 2.45) is 11.7 Å². The first kappa shape index (κ1) is 15.0. The van der Waals surface area contributed by atoms with Crippen molar-refractivity contribution >= 4 is 5.91 Å². The molecule has 0 saturated heterocycles. The Morgan fingerprint density at radius 1 is 1.45 bits per heavy atom. The molecule has 3 unspecified atom stereocenters. The van der Waals surface area contributed by atoms with Gasteiger partial charge in [0, 0.05) is 12.0 Å². The van der Waals surface area contributed by atoms with Gasteiger partial charge >= 0.3 is 0 Å². The van der Waals surface area contributed by atoms with Crippen molar-refractivity contribution in [1.82, 2.24) is 5.32 Å².